The monoisotopic (exact) mass is 492 g/mol. The fourth-order valence-electron chi connectivity index (χ4n) is 3.77. The zero-order chi connectivity index (χ0) is 25.4. The van der Waals surface area contributed by atoms with Crippen LogP contribution in [0.15, 0.2) is 39.5 Å². The number of aromatic hydroxyl groups is 2. The summed E-state index contributed by atoms with van der Waals surface area (Å²) < 4.78 is 27.2. The molecule has 5 atom stereocenters. The van der Waals surface area contributed by atoms with Gasteiger partial charge in [-0.15, -0.1) is 0 Å². The summed E-state index contributed by atoms with van der Waals surface area (Å²) in [5.41, 5.74) is -0.707. The van der Waals surface area contributed by atoms with Gasteiger partial charge in [-0.1, -0.05) is 0 Å². The number of methoxy groups -OCH3 is 2. The number of aliphatic hydroxyl groups is 4. The third-order valence-electron chi connectivity index (χ3n) is 5.67. The number of fused-ring (bicyclic) bond motifs is 1. The fourth-order valence-corrected chi connectivity index (χ4v) is 3.77. The molecule has 0 bridgehead atoms. The molecule has 12 heteroatoms. The summed E-state index contributed by atoms with van der Waals surface area (Å²) in [6, 6.07) is 6.62. The number of benzene rings is 2. The van der Waals surface area contributed by atoms with Crippen molar-refractivity contribution in [2.75, 3.05) is 20.8 Å². The van der Waals surface area contributed by atoms with Gasteiger partial charge in [0.25, 0.3) is 0 Å². The number of phenolic OH excluding ortho intramolecular Hbond substituents is 2. The van der Waals surface area contributed by atoms with Gasteiger partial charge in [-0.3, -0.25) is 4.79 Å². The van der Waals surface area contributed by atoms with Crippen molar-refractivity contribution in [3.8, 4) is 40.1 Å². The smallest absolute Gasteiger partial charge is 0.239 e. The van der Waals surface area contributed by atoms with Crippen molar-refractivity contribution in [3.63, 3.8) is 0 Å². The molecule has 2 aromatic carbocycles. The highest BCUT2D eigenvalue weighted by molar-refractivity contribution is 5.88. The number of hydrogen-bond acceptors (Lipinski definition) is 12. The van der Waals surface area contributed by atoms with Gasteiger partial charge in [0, 0.05) is 17.7 Å². The molecule has 0 spiro atoms. The summed E-state index contributed by atoms with van der Waals surface area (Å²) in [5.74, 6) is -1.11. The molecule has 35 heavy (non-hydrogen) atoms. The summed E-state index contributed by atoms with van der Waals surface area (Å²) in [6.07, 6.45) is -8.20. The fraction of sp³-hybridized carbons (Fsp3) is 0.348. The maximum Gasteiger partial charge on any atom is 0.239 e. The first-order chi connectivity index (χ1) is 16.7. The second kappa shape index (κ2) is 9.60. The van der Waals surface area contributed by atoms with Crippen molar-refractivity contribution < 1.29 is 54.0 Å². The van der Waals surface area contributed by atoms with Gasteiger partial charge in [0.05, 0.1) is 20.8 Å². The van der Waals surface area contributed by atoms with Crippen LogP contribution in [0.5, 0.6) is 28.7 Å². The van der Waals surface area contributed by atoms with E-state index in [1.807, 2.05) is 0 Å². The van der Waals surface area contributed by atoms with Crippen molar-refractivity contribution in [3.05, 3.63) is 40.6 Å². The molecule has 3 aromatic rings. The van der Waals surface area contributed by atoms with E-state index in [0.29, 0.717) is 0 Å². The van der Waals surface area contributed by atoms with Gasteiger partial charge in [-0.2, -0.15) is 0 Å². The summed E-state index contributed by atoms with van der Waals surface area (Å²) in [4.78, 5) is 13.5. The predicted molar refractivity (Wildman–Crippen MR) is 119 cm³/mol. The van der Waals surface area contributed by atoms with Gasteiger partial charge in [0.1, 0.15) is 46.9 Å². The SMILES string of the molecule is COc1cc(O)c2c(=O)c(O[C@H]3O[C@H](CO)[C@H](O)C(O)C3O)c(-c3ccc(O)c(OC)c3)oc2c1. The minimum atomic E-state index is -1.81. The zero-order valence-electron chi connectivity index (χ0n) is 18.6. The van der Waals surface area contributed by atoms with Crippen LogP contribution < -0.4 is 19.6 Å². The van der Waals surface area contributed by atoms with E-state index in [1.54, 1.807) is 0 Å². The number of hydrogen-bond donors (Lipinski definition) is 6. The molecule has 0 amide bonds. The molecular weight excluding hydrogens is 468 g/mol. The van der Waals surface area contributed by atoms with Gasteiger partial charge >= 0.3 is 0 Å². The van der Waals surface area contributed by atoms with E-state index in [2.05, 4.69) is 0 Å². The lowest BCUT2D eigenvalue weighted by atomic mass is 9.99. The lowest BCUT2D eigenvalue weighted by Gasteiger charge is -2.39. The molecule has 0 aliphatic carbocycles. The Morgan fingerprint density at radius 3 is 2.34 bits per heavy atom. The number of rotatable bonds is 6. The predicted octanol–water partition coefficient (Wildman–Crippen LogP) is 0.0671. The molecule has 1 fully saturated rings. The third kappa shape index (κ3) is 4.33. The normalized spacial score (nSPS) is 24.3. The van der Waals surface area contributed by atoms with Crippen LogP contribution in [0, 0.1) is 0 Å². The van der Waals surface area contributed by atoms with E-state index in [9.17, 15) is 35.4 Å². The maximum absolute atomic E-state index is 13.5. The standard InChI is InChI=1S/C23H24O12/c1-31-10-6-12(26)16-14(7-10)33-21(9-3-4-11(25)13(5-9)32-2)22(18(16)28)35-23-20(30)19(29)17(27)15(8-24)34-23/h3-7,15,17,19-20,23-27,29-30H,8H2,1-2H3/t15-,17+,19?,20?,23-/m1/s1. The molecule has 1 aromatic heterocycles. The molecular formula is C23H24O12. The molecule has 1 saturated heterocycles. The van der Waals surface area contributed by atoms with E-state index in [4.69, 9.17) is 23.4 Å². The van der Waals surface area contributed by atoms with Crippen LogP contribution in [-0.2, 0) is 4.74 Å². The Morgan fingerprint density at radius 2 is 1.69 bits per heavy atom. The van der Waals surface area contributed by atoms with E-state index in [-0.39, 0.29) is 39.5 Å². The van der Waals surface area contributed by atoms with E-state index in [1.165, 1.54) is 44.6 Å². The molecule has 12 nitrogen and oxygen atoms in total. The van der Waals surface area contributed by atoms with Gasteiger partial charge in [0.15, 0.2) is 17.3 Å². The van der Waals surface area contributed by atoms with Gasteiger partial charge in [-0.25, -0.2) is 0 Å². The molecule has 188 valence electrons. The number of phenols is 2. The van der Waals surface area contributed by atoms with Crippen LogP contribution >= 0.6 is 0 Å². The lowest BCUT2D eigenvalue weighted by Crippen LogP contribution is -2.60. The van der Waals surface area contributed by atoms with Gasteiger partial charge < -0.3 is 54.0 Å². The van der Waals surface area contributed by atoms with Gasteiger partial charge in [0.2, 0.25) is 17.5 Å². The topological polar surface area (TPSA) is 189 Å². The number of ether oxygens (including phenoxy) is 4. The van der Waals surface area contributed by atoms with Crippen LogP contribution in [0.1, 0.15) is 0 Å². The third-order valence-corrected chi connectivity index (χ3v) is 5.67. The Hall–Kier alpha value is -3.55. The zero-order valence-corrected chi connectivity index (χ0v) is 18.6. The van der Waals surface area contributed by atoms with Crippen LogP contribution in [0.3, 0.4) is 0 Å². The summed E-state index contributed by atoms with van der Waals surface area (Å²) in [5, 5.41) is 60.1. The lowest BCUT2D eigenvalue weighted by molar-refractivity contribution is -0.277. The van der Waals surface area contributed by atoms with Crippen LogP contribution in [0.2, 0.25) is 0 Å². The summed E-state index contributed by atoms with van der Waals surface area (Å²) in [7, 11) is 2.69. The van der Waals surface area contributed by atoms with Crippen molar-refractivity contribution >= 4 is 11.0 Å². The highest BCUT2D eigenvalue weighted by Gasteiger charge is 2.45. The Kier molecular flexibility index (Phi) is 6.74. The largest absolute Gasteiger partial charge is 0.507 e. The first-order valence-corrected chi connectivity index (χ1v) is 10.4. The maximum atomic E-state index is 13.5. The molecule has 4 rings (SSSR count). The van der Waals surface area contributed by atoms with E-state index < -0.39 is 54.2 Å². The van der Waals surface area contributed by atoms with Gasteiger partial charge in [-0.05, 0) is 18.2 Å². The van der Waals surface area contributed by atoms with E-state index >= 15 is 0 Å². The molecule has 6 N–H and O–H groups in total. The second-order valence-electron chi connectivity index (χ2n) is 7.81. The van der Waals surface area contributed by atoms with Crippen molar-refractivity contribution in [1.29, 1.82) is 0 Å². The molecule has 1 aliphatic heterocycles. The van der Waals surface area contributed by atoms with Crippen molar-refractivity contribution in [2.24, 2.45) is 0 Å². The first-order valence-electron chi connectivity index (χ1n) is 10.4. The summed E-state index contributed by atoms with van der Waals surface area (Å²) >= 11 is 0. The highest BCUT2D eigenvalue weighted by Crippen LogP contribution is 2.39. The minimum Gasteiger partial charge on any atom is -0.507 e. The molecule has 1 aliphatic rings. The summed E-state index contributed by atoms with van der Waals surface area (Å²) in [6.45, 7) is -0.709. The Labute approximate surface area is 197 Å². The van der Waals surface area contributed by atoms with Crippen molar-refractivity contribution in [2.45, 2.75) is 30.7 Å². The Morgan fingerprint density at radius 1 is 0.943 bits per heavy atom. The Balaban J connectivity index is 1.92. The minimum absolute atomic E-state index is 0.0533. The molecule has 2 unspecified atom stereocenters. The second-order valence-corrected chi connectivity index (χ2v) is 7.81. The van der Waals surface area contributed by atoms with Crippen LogP contribution in [0.25, 0.3) is 22.3 Å². The Bertz CT molecular complexity index is 1280. The van der Waals surface area contributed by atoms with E-state index in [0.717, 1.165) is 0 Å². The average Bonchev–Trinajstić information content (AvgIpc) is 2.85. The average molecular weight is 492 g/mol. The molecule has 0 radical (unpaired) electrons. The molecule has 0 saturated carbocycles. The molecule has 2 heterocycles. The first kappa shape index (κ1) is 24.6. The van der Waals surface area contributed by atoms with Crippen LogP contribution in [-0.4, -0.2) is 82.2 Å². The van der Waals surface area contributed by atoms with Crippen LogP contribution in [0.4, 0.5) is 0 Å². The highest BCUT2D eigenvalue weighted by atomic mass is 16.7. The van der Waals surface area contributed by atoms with Crippen molar-refractivity contribution in [1.82, 2.24) is 0 Å². The number of aliphatic hydroxyl groups excluding tert-OH is 4. The quantitative estimate of drug-likeness (QED) is 0.272.